The maximum atomic E-state index is 13.2. The van der Waals surface area contributed by atoms with Crippen LogP contribution in [0.4, 0.5) is 11.4 Å². The van der Waals surface area contributed by atoms with Crippen LogP contribution in [-0.2, 0) is 0 Å². The molecule has 3 fully saturated rings. The third-order valence-corrected chi connectivity index (χ3v) is 8.67. The third-order valence-electron chi connectivity index (χ3n) is 8.36. The number of nitriles is 1. The van der Waals surface area contributed by atoms with Crippen molar-refractivity contribution in [2.75, 3.05) is 69.2 Å². The number of amides is 1. The van der Waals surface area contributed by atoms with E-state index < -0.39 is 0 Å². The van der Waals surface area contributed by atoms with Crippen LogP contribution in [-0.4, -0.2) is 75.1 Å². The molecule has 2 aromatic carbocycles. The Hall–Kier alpha value is -2.75. The van der Waals surface area contributed by atoms with Crippen molar-refractivity contribution in [1.82, 2.24) is 9.80 Å². The van der Waals surface area contributed by atoms with Crippen molar-refractivity contribution in [3.05, 3.63) is 58.6 Å². The highest BCUT2D eigenvalue weighted by atomic mass is 35.5. The van der Waals surface area contributed by atoms with Crippen LogP contribution in [0.2, 0.25) is 5.02 Å². The average molecular weight is 492 g/mol. The molecule has 0 unspecified atom stereocenters. The summed E-state index contributed by atoms with van der Waals surface area (Å²) in [6.07, 6.45) is 4.40. The molecule has 3 saturated heterocycles. The van der Waals surface area contributed by atoms with E-state index in [2.05, 4.69) is 39.9 Å². The van der Waals surface area contributed by atoms with Gasteiger partial charge in [-0.1, -0.05) is 11.6 Å². The van der Waals surface area contributed by atoms with Crippen LogP contribution in [0.15, 0.2) is 42.5 Å². The smallest absolute Gasteiger partial charge is 0.253 e. The summed E-state index contributed by atoms with van der Waals surface area (Å²) in [5.41, 5.74) is 3.95. The van der Waals surface area contributed by atoms with Gasteiger partial charge in [-0.2, -0.15) is 5.26 Å². The quantitative estimate of drug-likeness (QED) is 0.633. The zero-order valence-electron chi connectivity index (χ0n) is 20.5. The summed E-state index contributed by atoms with van der Waals surface area (Å²) in [7, 11) is 2.16. The molecule has 6 nitrogen and oxygen atoms in total. The number of carbonyl (C=O) groups is 1. The number of hydrogen-bond donors (Lipinski definition) is 0. The van der Waals surface area contributed by atoms with Gasteiger partial charge in [-0.15, -0.1) is 0 Å². The molecule has 0 aliphatic carbocycles. The van der Waals surface area contributed by atoms with Crippen LogP contribution >= 0.6 is 11.6 Å². The summed E-state index contributed by atoms with van der Waals surface area (Å²) >= 11 is 6.25. The topological polar surface area (TPSA) is 53.8 Å². The standard InChI is InChI=1S/C28H34ClN5O/c1-31-16-18-33(19-17-31)24-5-2-22(3-6-24)27(35)34-14-10-28(11-15-34)8-12-32(13-9-28)25-7-4-23(21-30)26(29)20-25/h2-7,20H,8-19H2,1H3. The minimum atomic E-state index is 0.162. The number of hydrogen-bond acceptors (Lipinski definition) is 5. The maximum Gasteiger partial charge on any atom is 0.253 e. The summed E-state index contributed by atoms with van der Waals surface area (Å²) in [6, 6.07) is 16.1. The number of piperidine rings is 2. The van der Waals surface area contributed by atoms with Gasteiger partial charge >= 0.3 is 0 Å². The van der Waals surface area contributed by atoms with Gasteiger partial charge in [0.05, 0.1) is 10.6 Å². The highest BCUT2D eigenvalue weighted by Gasteiger charge is 2.38. The fourth-order valence-electron chi connectivity index (χ4n) is 5.78. The summed E-state index contributed by atoms with van der Waals surface area (Å²) in [5.74, 6) is 0.162. The van der Waals surface area contributed by atoms with Gasteiger partial charge in [0, 0.05) is 69.3 Å². The Morgan fingerprint density at radius 3 is 2.00 bits per heavy atom. The summed E-state index contributed by atoms with van der Waals surface area (Å²) < 4.78 is 0. The number of anilines is 2. The van der Waals surface area contributed by atoms with E-state index in [4.69, 9.17) is 16.9 Å². The second-order valence-electron chi connectivity index (χ2n) is 10.4. The van der Waals surface area contributed by atoms with E-state index in [1.807, 2.05) is 35.2 Å². The van der Waals surface area contributed by atoms with Crippen molar-refractivity contribution in [1.29, 1.82) is 5.26 Å². The van der Waals surface area contributed by atoms with E-state index in [1.165, 1.54) is 5.69 Å². The SMILES string of the molecule is CN1CCN(c2ccc(C(=O)N3CCC4(CC3)CCN(c3ccc(C#N)c(Cl)c3)CC4)cc2)CC1. The number of benzene rings is 2. The highest BCUT2D eigenvalue weighted by Crippen LogP contribution is 2.42. The van der Waals surface area contributed by atoms with Crippen LogP contribution in [0.25, 0.3) is 0 Å². The van der Waals surface area contributed by atoms with E-state index in [1.54, 1.807) is 0 Å². The normalized spacial score (nSPS) is 20.7. The molecule has 35 heavy (non-hydrogen) atoms. The van der Waals surface area contributed by atoms with Crippen molar-refractivity contribution in [2.24, 2.45) is 5.41 Å². The molecule has 184 valence electrons. The third kappa shape index (κ3) is 5.12. The fourth-order valence-corrected chi connectivity index (χ4v) is 5.99. The second-order valence-corrected chi connectivity index (χ2v) is 10.8. The van der Waals surface area contributed by atoms with Crippen molar-refractivity contribution >= 4 is 28.9 Å². The lowest BCUT2D eigenvalue weighted by Gasteiger charge is -2.47. The van der Waals surface area contributed by atoms with Gasteiger partial charge in [0.25, 0.3) is 5.91 Å². The van der Waals surface area contributed by atoms with E-state index in [0.29, 0.717) is 16.0 Å². The molecular formula is C28H34ClN5O. The Morgan fingerprint density at radius 1 is 0.829 bits per heavy atom. The average Bonchev–Trinajstić information content (AvgIpc) is 2.90. The minimum absolute atomic E-state index is 0.162. The molecule has 0 aromatic heterocycles. The molecule has 2 aromatic rings. The number of nitrogens with zero attached hydrogens (tertiary/aromatic N) is 5. The van der Waals surface area contributed by atoms with E-state index >= 15 is 0 Å². The molecule has 1 amide bonds. The lowest BCUT2D eigenvalue weighted by Crippen LogP contribution is -2.48. The van der Waals surface area contributed by atoms with Gasteiger partial charge in [0.15, 0.2) is 0 Å². The van der Waals surface area contributed by atoms with Crippen LogP contribution in [0, 0.1) is 16.7 Å². The lowest BCUT2D eigenvalue weighted by molar-refractivity contribution is 0.0515. The fraction of sp³-hybridized carbons (Fsp3) is 0.500. The van der Waals surface area contributed by atoms with Gasteiger partial charge in [-0.05, 0) is 80.6 Å². The van der Waals surface area contributed by atoms with Gasteiger partial charge in [-0.25, -0.2) is 0 Å². The molecule has 3 aliphatic heterocycles. The second kappa shape index (κ2) is 10.1. The highest BCUT2D eigenvalue weighted by molar-refractivity contribution is 6.32. The van der Waals surface area contributed by atoms with Gasteiger partial charge < -0.3 is 19.6 Å². The zero-order chi connectivity index (χ0) is 24.4. The van der Waals surface area contributed by atoms with Crippen LogP contribution < -0.4 is 9.80 Å². The Morgan fingerprint density at radius 2 is 1.40 bits per heavy atom. The number of likely N-dealkylation sites (tertiary alicyclic amines) is 1. The van der Waals surface area contributed by atoms with Gasteiger partial charge in [0.2, 0.25) is 0 Å². The molecule has 0 radical (unpaired) electrons. The summed E-state index contributed by atoms with van der Waals surface area (Å²) in [5, 5.41) is 9.64. The predicted molar refractivity (Wildman–Crippen MR) is 141 cm³/mol. The van der Waals surface area contributed by atoms with Crippen LogP contribution in [0.1, 0.15) is 41.6 Å². The first-order valence-electron chi connectivity index (χ1n) is 12.7. The Labute approximate surface area is 213 Å². The molecule has 3 aliphatic rings. The zero-order valence-corrected chi connectivity index (χ0v) is 21.3. The number of carbonyl (C=O) groups excluding carboxylic acids is 1. The largest absolute Gasteiger partial charge is 0.371 e. The summed E-state index contributed by atoms with van der Waals surface area (Å²) in [4.78, 5) is 22.4. The van der Waals surface area contributed by atoms with Crippen molar-refractivity contribution < 1.29 is 4.79 Å². The first-order chi connectivity index (χ1) is 17.0. The number of likely N-dealkylation sites (N-methyl/N-ethyl adjacent to an activating group) is 1. The van der Waals surface area contributed by atoms with Crippen molar-refractivity contribution in [3.63, 3.8) is 0 Å². The van der Waals surface area contributed by atoms with E-state index in [-0.39, 0.29) is 5.91 Å². The molecule has 1 spiro atoms. The molecule has 7 heteroatoms. The van der Waals surface area contributed by atoms with Crippen LogP contribution in [0.5, 0.6) is 0 Å². The number of halogens is 1. The van der Waals surface area contributed by atoms with E-state index in [9.17, 15) is 4.79 Å². The maximum absolute atomic E-state index is 13.2. The molecule has 0 atom stereocenters. The van der Waals surface area contributed by atoms with Crippen molar-refractivity contribution in [3.8, 4) is 6.07 Å². The monoisotopic (exact) mass is 491 g/mol. The molecule has 0 saturated carbocycles. The van der Waals surface area contributed by atoms with E-state index in [0.717, 1.165) is 89.3 Å². The molecule has 5 rings (SSSR count). The Balaban J connectivity index is 1.14. The van der Waals surface area contributed by atoms with Gasteiger partial charge in [0.1, 0.15) is 6.07 Å². The Kier molecular flexibility index (Phi) is 6.91. The van der Waals surface area contributed by atoms with Crippen molar-refractivity contribution in [2.45, 2.75) is 25.7 Å². The summed E-state index contributed by atoms with van der Waals surface area (Å²) in [6.45, 7) is 7.88. The molecule has 3 heterocycles. The molecule has 0 bridgehead atoms. The first kappa shape index (κ1) is 24.0. The van der Waals surface area contributed by atoms with Crippen LogP contribution in [0.3, 0.4) is 0 Å². The molecular weight excluding hydrogens is 458 g/mol. The first-order valence-corrected chi connectivity index (χ1v) is 13.1. The Bertz CT molecular complexity index is 1090. The lowest BCUT2D eigenvalue weighted by atomic mass is 9.71. The minimum Gasteiger partial charge on any atom is -0.371 e. The predicted octanol–water partition coefficient (Wildman–Crippen LogP) is 4.49. The molecule has 0 N–H and O–H groups in total. The number of rotatable bonds is 3. The van der Waals surface area contributed by atoms with Gasteiger partial charge in [-0.3, -0.25) is 4.79 Å². The number of piperazine rings is 1.